The van der Waals surface area contributed by atoms with E-state index in [1.807, 2.05) is 31.2 Å². The highest BCUT2D eigenvalue weighted by Crippen LogP contribution is 2.26. The molecule has 1 fully saturated rings. The lowest BCUT2D eigenvalue weighted by atomic mass is 9.89. The molecule has 4 nitrogen and oxygen atoms in total. The standard InChI is InChI=1S/C16H25NO3/c1-12-4-2-5-13(8-12)16(20)9-17-7-3-6-14(10-18)15(17)11-19/h2,4-5,8,14-16,18-20H,3,6-7,9-11H2,1H3/t14-,15+,16?/m0/s1. The topological polar surface area (TPSA) is 63.9 Å². The van der Waals surface area contributed by atoms with Gasteiger partial charge < -0.3 is 15.3 Å². The van der Waals surface area contributed by atoms with Crippen LogP contribution in [0.2, 0.25) is 0 Å². The zero-order valence-corrected chi connectivity index (χ0v) is 12.1. The molecule has 1 heterocycles. The fraction of sp³-hybridized carbons (Fsp3) is 0.625. The van der Waals surface area contributed by atoms with Crippen molar-refractivity contribution in [1.29, 1.82) is 0 Å². The van der Waals surface area contributed by atoms with Gasteiger partial charge in [0.15, 0.2) is 0 Å². The minimum atomic E-state index is -0.554. The van der Waals surface area contributed by atoms with Gasteiger partial charge in [-0.25, -0.2) is 0 Å². The maximum Gasteiger partial charge on any atom is 0.0917 e. The first kappa shape index (κ1) is 15.4. The quantitative estimate of drug-likeness (QED) is 0.755. The number of nitrogens with zero attached hydrogens (tertiary/aromatic N) is 1. The third kappa shape index (κ3) is 3.58. The highest BCUT2D eigenvalue weighted by atomic mass is 16.3. The van der Waals surface area contributed by atoms with Gasteiger partial charge in [-0.2, -0.15) is 0 Å². The van der Waals surface area contributed by atoms with E-state index in [1.165, 1.54) is 0 Å². The number of rotatable bonds is 5. The highest BCUT2D eigenvalue weighted by molar-refractivity contribution is 5.24. The smallest absolute Gasteiger partial charge is 0.0917 e. The summed E-state index contributed by atoms with van der Waals surface area (Å²) >= 11 is 0. The Bertz CT molecular complexity index is 424. The van der Waals surface area contributed by atoms with Gasteiger partial charge in [0.1, 0.15) is 0 Å². The van der Waals surface area contributed by atoms with Crippen molar-refractivity contribution in [3.63, 3.8) is 0 Å². The summed E-state index contributed by atoms with van der Waals surface area (Å²) in [6.45, 7) is 3.51. The molecule has 20 heavy (non-hydrogen) atoms. The third-order valence-electron chi connectivity index (χ3n) is 4.29. The Morgan fingerprint density at radius 2 is 2.10 bits per heavy atom. The highest BCUT2D eigenvalue weighted by Gasteiger charge is 2.31. The molecule has 0 bridgehead atoms. The molecule has 4 heteroatoms. The Kier molecular flexibility index (Phi) is 5.54. The Balaban J connectivity index is 2.03. The van der Waals surface area contributed by atoms with E-state index in [9.17, 15) is 15.3 Å². The van der Waals surface area contributed by atoms with Crippen LogP contribution in [0.1, 0.15) is 30.1 Å². The first-order valence-electron chi connectivity index (χ1n) is 7.36. The van der Waals surface area contributed by atoms with E-state index in [-0.39, 0.29) is 25.2 Å². The number of likely N-dealkylation sites (tertiary alicyclic amines) is 1. The lowest BCUT2D eigenvalue weighted by molar-refractivity contribution is -0.00495. The number of β-amino-alcohol motifs (C(OH)–C–C–N with tert-alkyl or cyclic N) is 1. The van der Waals surface area contributed by atoms with Crippen LogP contribution in [0.4, 0.5) is 0 Å². The summed E-state index contributed by atoms with van der Waals surface area (Å²) in [7, 11) is 0. The summed E-state index contributed by atoms with van der Waals surface area (Å²) in [6, 6.07) is 7.83. The molecular formula is C16H25NO3. The van der Waals surface area contributed by atoms with Crippen LogP contribution in [0, 0.1) is 12.8 Å². The average molecular weight is 279 g/mol. The van der Waals surface area contributed by atoms with Crippen molar-refractivity contribution in [2.75, 3.05) is 26.3 Å². The number of hydrogen-bond acceptors (Lipinski definition) is 4. The second-order valence-electron chi connectivity index (χ2n) is 5.76. The monoisotopic (exact) mass is 279 g/mol. The van der Waals surface area contributed by atoms with E-state index < -0.39 is 6.10 Å². The number of piperidine rings is 1. The van der Waals surface area contributed by atoms with Crippen molar-refractivity contribution in [1.82, 2.24) is 4.90 Å². The van der Waals surface area contributed by atoms with Crippen molar-refractivity contribution < 1.29 is 15.3 Å². The van der Waals surface area contributed by atoms with Crippen LogP contribution in [-0.4, -0.2) is 52.6 Å². The van der Waals surface area contributed by atoms with Crippen LogP contribution in [0.5, 0.6) is 0 Å². The van der Waals surface area contributed by atoms with E-state index in [0.717, 1.165) is 30.5 Å². The molecule has 1 aliphatic rings. The molecule has 1 unspecified atom stereocenters. The largest absolute Gasteiger partial charge is 0.396 e. The van der Waals surface area contributed by atoms with Gasteiger partial charge in [0, 0.05) is 19.2 Å². The fourth-order valence-corrected chi connectivity index (χ4v) is 3.12. The summed E-state index contributed by atoms with van der Waals surface area (Å²) in [4.78, 5) is 2.11. The van der Waals surface area contributed by atoms with Gasteiger partial charge in [0.2, 0.25) is 0 Å². The maximum atomic E-state index is 10.4. The Morgan fingerprint density at radius 3 is 2.75 bits per heavy atom. The van der Waals surface area contributed by atoms with Gasteiger partial charge in [-0.1, -0.05) is 29.8 Å². The molecule has 1 aliphatic heterocycles. The molecule has 2 rings (SSSR count). The molecule has 0 spiro atoms. The maximum absolute atomic E-state index is 10.4. The molecule has 1 saturated heterocycles. The minimum Gasteiger partial charge on any atom is -0.396 e. The zero-order chi connectivity index (χ0) is 14.5. The number of aryl methyl sites for hydroxylation is 1. The zero-order valence-electron chi connectivity index (χ0n) is 12.1. The molecule has 3 atom stereocenters. The predicted molar refractivity (Wildman–Crippen MR) is 78.4 cm³/mol. The van der Waals surface area contributed by atoms with Gasteiger partial charge in [-0.05, 0) is 37.8 Å². The van der Waals surface area contributed by atoms with Gasteiger partial charge in [0.05, 0.1) is 12.7 Å². The van der Waals surface area contributed by atoms with Crippen molar-refractivity contribution in [2.24, 2.45) is 5.92 Å². The van der Waals surface area contributed by atoms with Crippen LogP contribution in [0.15, 0.2) is 24.3 Å². The van der Waals surface area contributed by atoms with Crippen LogP contribution in [0.3, 0.4) is 0 Å². The van der Waals surface area contributed by atoms with Crippen molar-refractivity contribution >= 4 is 0 Å². The molecular weight excluding hydrogens is 254 g/mol. The van der Waals surface area contributed by atoms with E-state index >= 15 is 0 Å². The number of benzene rings is 1. The second-order valence-corrected chi connectivity index (χ2v) is 5.76. The Labute approximate surface area is 120 Å². The molecule has 0 aliphatic carbocycles. The molecule has 0 saturated carbocycles. The minimum absolute atomic E-state index is 0.0335. The molecule has 1 aromatic rings. The van der Waals surface area contributed by atoms with Crippen LogP contribution in [0.25, 0.3) is 0 Å². The molecule has 112 valence electrons. The molecule has 1 aromatic carbocycles. The van der Waals surface area contributed by atoms with Gasteiger partial charge in [-0.15, -0.1) is 0 Å². The summed E-state index contributed by atoms with van der Waals surface area (Å²) in [5.41, 5.74) is 2.04. The van der Waals surface area contributed by atoms with E-state index in [0.29, 0.717) is 6.54 Å². The molecule has 0 radical (unpaired) electrons. The van der Waals surface area contributed by atoms with Crippen molar-refractivity contribution in [3.05, 3.63) is 35.4 Å². The van der Waals surface area contributed by atoms with Crippen LogP contribution in [-0.2, 0) is 0 Å². The number of aliphatic hydroxyl groups excluding tert-OH is 3. The van der Waals surface area contributed by atoms with E-state index in [1.54, 1.807) is 0 Å². The van der Waals surface area contributed by atoms with Crippen molar-refractivity contribution in [3.8, 4) is 0 Å². The van der Waals surface area contributed by atoms with Crippen molar-refractivity contribution in [2.45, 2.75) is 31.9 Å². The summed E-state index contributed by atoms with van der Waals surface area (Å²) in [6.07, 6.45) is 1.39. The molecule has 0 amide bonds. The van der Waals surface area contributed by atoms with Gasteiger partial charge >= 0.3 is 0 Å². The molecule has 0 aromatic heterocycles. The third-order valence-corrected chi connectivity index (χ3v) is 4.29. The van der Waals surface area contributed by atoms with Crippen LogP contribution >= 0.6 is 0 Å². The Hall–Kier alpha value is -0.940. The Morgan fingerprint density at radius 1 is 1.30 bits per heavy atom. The summed E-state index contributed by atoms with van der Waals surface area (Å²) < 4.78 is 0. The normalized spacial score (nSPS) is 25.6. The lowest BCUT2D eigenvalue weighted by Crippen LogP contribution is -2.50. The summed E-state index contributed by atoms with van der Waals surface area (Å²) in [5, 5.41) is 29.3. The first-order chi connectivity index (χ1) is 9.65. The van der Waals surface area contributed by atoms with Gasteiger partial charge in [-0.3, -0.25) is 4.90 Å². The lowest BCUT2D eigenvalue weighted by Gasteiger charge is -2.40. The molecule has 3 N–H and O–H groups in total. The number of hydrogen-bond donors (Lipinski definition) is 3. The number of aliphatic hydroxyl groups is 3. The van der Waals surface area contributed by atoms with Crippen LogP contribution < -0.4 is 0 Å². The predicted octanol–water partition coefficient (Wildman–Crippen LogP) is 1.09. The first-order valence-corrected chi connectivity index (χ1v) is 7.36. The fourth-order valence-electron chi connectivity index (χ4n) is 3.12. The van der Waals surface area contributed by atoms with E-state index in [2.05, 4.69) is 4.90 Å². The van der Waals surface area contributed by atoms with Gasteiger partial charge in [0.25, 0.3) is 0 Å². The second kappa shape index (κ2) is 7.18. The summed E-state index contributed by atoms with van der Waals surface area (Å²) in [5.74, 6) is 0.110. The average Bonchev–Trinajstić information content (AvgIpc) is 2.46. The van der Waals surface area contributed by atoms with E-state index in [4.69, 9.17) is 0 Å². The SMILES string of the molecule is Cc1cccc(C(O)CN2CCC[C@@H](CO)[C@H]2CO)c1.